The van der Waals surface area contributed by atoms with Crippen molar-refractivity contribution < 1.29 is 14.3 Å². The quantitative estimate of drug-likeness (QED) is 0.741. The van der Waals surface area contributed by atoms with Crippen LogP contribution in [0.5, 0.6) is 5.75 Å². The highest BCUT2D eigenvalue weighted by atomic mass is 16.5. The third kappa shape index (κ3) is 4.37. The first-order chi connectivity index (χ1) is 10.0. The van der Waals surface area contributed by atoms with Gasteiger partial charge in [0.1, 0.15) is 11.3 Å². The molecule has 0 fully saturated rings. The Labute approximate surface area is 125 Å². The number of nitrogens with zero attached hydrogens (tertiary/aromatic N) is 1. The number of nitrogen functional groups attached to an aromatic ring is 1. The van der Waals surface area contributed by atoms with E-state index in [0.717, 1.165) is 6.42 Å². The topological polar surface area (TPSA) is 84.7 Å². The van der Waals surface area contributed by atoms with Crippen LogP contribution in [-0.4, -0.2) is 43.5 Å². The number of rotatable bonds is 7. The summed E-state index contributed by atoms with van der Waals surface area (Å²) in [5.41, 5.74) is 6.59. The van der Waals surface area contributed by atoms with Crippen molar-refractivity contribution in [3.63, 3.8) is 0 Å². The van der Waals surface area contributed by atoms with Gasteiger partial charge in [-0.3, -0.25) is 9.59 Å². The van der Waals surface area contributed by atoms with Gasteiger partial charge in [-0.15, -0.1) is 0 Å². The minimum Gasteiger partial charge on any atom is -0.493 e. The number of likely N-dealkylation sites (N-methyl/N-ethyl adjacent to an activating group) is 1. The molecule has 0 spiro atoms. The number of anilines is 1. The molecule has 1 aromatic rings. The van der Waals surface area contributed by atoms with Gasteiger partial charge in [0.15, 0.2) is 0 Å². The molecule has 0 atom stereocenters. The summed E-state index contributed by atoms with van der Waals surface area (Å²) in [5, 5.41) is 2.52. The number of benzene rings is 1. The molecule has 1 aromatic carbocycles. The van der Waals surface area contributed by atoms with Crippen molar-refractivity contribution in [2.75, 3.05) is 32.5 Å². The van der Waals surface area contributed by atoms with E-state index in [4.69, 9.17) is 10.5 Å². The van der Waals surface area contributed by atoms with E-state index in [9.17, 15) is 9.59 Å². The van der Waals surface area contributed by atoms with Gasteiger partial charge in [-0.2, -0.15) is 0 Å². The van der Waals surface area contributed by atoms with E-state index < -0.39 is 0 Å². The summed E-state index contributed by atoms with van der Waals surface area (Å²) in [5.74, 6) is -0.0632. The number of nitrogens with two attached hydrogens (primary N) is 1. The Kier molecular flexibility index (Phi) is 6.52. The highest BCUT2D eigenvalue weighted by molar-refractivity contribution is 6.03. The maximum atomic E-state index is 12.7. The second-order valence-corrected chi connectivity index (χ2v) is 4.55. The molecule has 0 aliphatic heterocycles. The van der Waals surface area contributed by atoms with Crippen LogP contribution in [0.15, 0.2) is 18.2 Å². The molecule has 116 valence electrons. The van der Waals surface area contributed by atoms with Gasteiger partial charge in [0, 0.05) is 19.3 Å². The van der Waals surface area contributed by atoms with Crippen molar-refractivity contribution in [1.29, 1.82) is 0 Å². The van der Waals surface area contributed by atoms with Gasteiger partial charge in [-0.05, 0) is 25.5 Å². The molecule has 6 nitrogen and oxygen atoms in total. The molecule has 0 saturated heterocycles. The number of nitrogens with one attached hydrogen (secondary N) is 1. The molecule has 2 amide bonds. The molecule has 0 heterocycles. The molecule has 6 heteroatoms. The van der Waals surface area contributed by atoms with E-state index in [1.165, 1.54) is 4.90 Å². The van der Waals surface area contributed by atoms with Gasteiger partial charge in [0.05, 0.1) is 13.2 Å². The zero-order valence-electron chi connectivity index (χ0n) is 12.8. The summed E-state index contributed by atoms with van der Waals surface area (Å²) in [6.07, 6.45) is 0.749. The van der Waals surface area contributed by atoms with Crippen molar-refractivity contribution in [3.05, 3.63) is 23.8 Å². The van der Waals surface area contributed by atoms with Crippen LogP contribution in [0.2, 0.25) is 0 Å². The highest BCUT2D eigenvalue weighted by Gasteiger charge is 2.23. The predicted octanol–water partition coefficient (Wildman–Crippen LogP) is 1.27. The lowest BCUT2D eigenvalue weighted by atomic mass is 10.1. The molecule has 0 aliphatic carbocycles. The zero-order valence-corrected chi connectivity index (χ0v) is 12.8. The minimum absolute atomic E-state index is 0.00305. The summed E-state index contributed by atoms with van der Waals surface area (Å²) in [6, 6.07) is 5.09. The fourth-order valence-corrected chi connectivity index (χ4v) is 1.99. The molecule has 0 bridgehead atoms. The smallest absolute Gasteiger partial charge is 0.260 e. The van der Waals surface area contributed by atoms with E-state index in [0.29, 0.717) is 30.2 Å². The first kappa shape index (κ1) is 16.8. The monoisotopic (exact) mass is 293 g/mol. The number of carbonyl (C=O) groups is 2. The van der Waals surface area contributed by atoms with E-state index >= 15 is 0 Å². The van der Waals surface area contributed by atoms with Gasteiger partial charge in [0.25, 0.3) is 5.91 Å². The molecular weight excluding hydrogens is 270 g/mol. The molecule has 0 saturated carbocycles. The summed E-state index contributed by atoms with van der Waals surface area (Å²) in [7, 11) is 1.54. The Morgan fingerprint density at radius 1 is 1.33 bits per heavy atom. The Balaban J connectivity index is 3.10. The average Bonchev–Trinajstić information content (AvgIpc) is 2.46. The lowest BCUT2D eigenvalue weighted by Crippen LogP contribution is -2.40. The normalized spacial score (nSPS) is 10.0. The van der Waals surface area contributed by atoms with Crippen molar-refractivity contribution >= 4 is 17.5 Å². The van der Waals surface area contributed by atoms with Crippen molar-refractivity contribution in [1.82, 2.24) is 10.2 Å². The lowest BCUT2D eigenvalue weighted by molar-refractivity contribution is -0.121. The third-order valence-corrected chi connectivity index (χ3v) is 2.97. The molecular formula is C15H23N3O3. The summed E-state index contributed by atoms with van der Waals surface area (Å²) in [4.78, 5) is 25.7. The lowest BCUT2D eigenvalue weighted by Gasteiger charge is -2.23. The molecule has 0 radical (unpaired) electrons. The Morgan fingerprint density at radius 2 is 2.05 bits per heavy atom. The van der Waals surface area contributed by atoms with Crippen LogP contribution < -0.4 is 15.8 Å². The largest absolute Gasteiger partial charge is 0.493 e. The molecule has 1 rings (SSSR count). The molecule has 0 aliphatic rings. The van der Waals surface area contributed by atoms with Crippen LogP contribution in [-0.2, 0) is 4.79 Å². The number of carbonyl (C=O) groups excluding carboxylic acids is 2. The fraction of sp³-hybridized carbons (Fsp3) is 0.467. The number of hydrogen-bond donors (Lipinski definition) is 2. The minimum atomic E-state index is -0.290. The molecule has 0 aromatic heterocycles. The average molecular weight is 293 g/mol. The molecule has 3 N–H and O–H groups in total. The second-order valence-electron chi connectivity index (χ2n) is 4.55. The van der Waals surface area contributed by atoms with Crippen molar-refractivity contribution in [2.45, 2.75) is 20.3 Å². The summed E-state index contributed by atoms with van der Waals surface area (Å²) in [6.45, 7) is 4.70. The SMILES string of the molecule is CCCN(CC(=O)NC)C(=O)c1c(N)cccc1OCC. The standard InChI is InChI=1S/C15H23N3O3/c1-4-9-18(10-13(19)17-3)15(20)14-11(16)7-6-8-12(14)21-5-2/h6-8H,4-5,9-10,16H2,1-3H3,(H,17,19). The van der Waals surface area contributed by atoms with Crippen LogP contribution >= 0.6 is 0 Å². The van der Waals surface area contributed by atoms with Gasteiger partial charge >= 0.3 is 0 Å². The highest BCUT2D eigenvalue weighted by Crippen LogP contribution is 2.26. The van der Waals surface area contributed by atoms with Gasteiger partial charge in [-0.25, -0.2) is 0 Å². The van der Waals surface area contributed by atoms with Crippen LogP contribution in [0.4, 0.5) is 5.69 Å². The Hall–Kier alpha value is -2.24. The first-order valence-electron chi connectivity index (χ1n) is 7.06. The van der Waals surface area contributed by atoms with Crippen molar-refractivity contribution in [3.8, 4) is 5.75 Å². The van der Waals surface area contributed by atoms with E-state index in [1.54, 1.807) is 25.2 Å². The zero-order chi connectivity index (χ0) is 15.8. The van der Waals surface area contributed by atoms with Crippen molar-refractivity contribution in [2.24, 2.45) is 0 Å². The van der Waals surface area contributed by atoms with Gasteiger partial charge < -0.3 is 20.7 Å². The van der Waals surface area contributed by atoms with Crippen LogP contribution in [0.25, 0.3) is 0 Å². The van der Waals surface area contributed by atoms with Crippen LogP contribution in [0.3, 0.4) is 0 Å². The maximum Gasteiger partial charge on any atom is 0.260 e. The van der Waals surface area contributed by atoms with Crippen LogP contribution in [0, 0.1) is 0 Å². The summed E-state index contributed by atoms with van der Waals surface area (Å²) >= 11 is 0. The predicted molar refractivity (Wildman–Crippen MR) is 82.3 cm³/mol. The second kappa shape index (κ2) is 8.14. The Bertz CT molecular complexity index is 503. The summed E-state index contributed by atoms with van der Waals surface area (Å²) < 4.78 is 5.47. The van der Waals surface area contributed by atoms with E-state index in [-0.39, 0.29) is 18.4 Å². The first-order valence-corrected chi connectivity index (χ1v) is 7.06. The van der Waals surface area contributed by atoms with E-state index in [2.05, 4.69) is 5.32 Å². The Morgan fingerprint density at radius 3 is 2.62 bits per heavy atom. The van der Waals surface area contributed by atoms with Gasteiger partial charge in [0.2, 0.25) is 5.91 Å². The molecule has 21 heavy (non-hydrogen) atoms. The number of amides is 2. The number of hydrogen-bond acceptors (Lipinski definition) is 4. The molecule has 0 unspecified atom stereocenters. The van der Waals surface area contributed by atoms with Gasteiger partial charge in [-0.1, -0.05) is 13.0 Å². The van der Waals surface area contributed by atoms with E-state index in [1.807, 2.05) is 13.8 Å². The fourth-order valence-electron chi connectivity index (χ4n) is 1.99. The van der Waals surface area contributed by atoms with Crippen LogP contribution in [0.1, 0.15) is 30.6 Å². The number of ether oxygens (including phenoxy) is 1. The third-order valence-electron chi connectivity index (χ3n) is 2.97. The maximum absolute atomic E-state index is 12.7.